The van der Waals surface area contributed by atoms with Crippen molar-refractivity contribution in [3.8, 4) is 0 Å². The summed E-state index contributed by atoms with van der Waals surface area (Å²) >= 11 is 0. The van der Waals surface area contributed by atoms with Gasteiger partial charge in [-0.05, 0) is 24.0 Å². The molecule has 0 saturated carbocycles. The maximum absolute atomic E-state index is 11.7. The molecule has 1 aromatic heterocycles. The summed E-state index contributed by atoms with van der Waals surface area (Å²) < 4.78 is 0. The number of amides is 1. The highest BCUT2D eigenvalue weighted by Gasteiger charge is 2.11. The molecule has 1 unspecified atom stereocenters. The fraction of sp³-hybridized carbons (Fsp3) is 0.500. The largest absolute Gasteiger partial charge is 0.399 e. The van der Waals surface area contributed by atoms with Crippen LogP contribution in [-0.4, -0.2) is 17.4 Å². The lowest BCUT2D eigenvalue weighted by molar-refractivity contribution is 0.0940. The lowest BCUT2D eigenvalue weighted by Gasteiger charge is -2.15. The molecular formula is C12H19N3O. The Hall–Kier alpha value is -1.58. The van der Waals surface area contributed by atoms with Gasteiger partial charge in [-0.1, -0.05) is 20.8 Å². The van der Waals surface area contributed by atoms with E-state index in [9.17, 15) is 4.79 Å². The molecule has 0 spiro atoms. The first-order valence-electron chi connectivity index (χ1n) is 5.50. The topological polar surface area (TPSA) is 68.0 Å². The lowest BCUT2D eigenvalue weighted by atomic mass is 9.98. The minimum absolute atomic E-state index is 0.167. The fourth-order valence-corrected chi connectivity index (χ4v) is 1.15. The number of aromatic nitrogens is 1. The number of carbonyl (C=O) groups is 1. The first kappa shape index (κ1) is 12.5. The summed E-state index contributed by atoms with van der Waals surface area (Å²) in [6.07, 6.45) is 1.54. The first-order valence-corrected chi connectivity index (χ1v) is 5.50. The second kappa shape index (κ2) is 5.49. The van der Waals surface area contributed by atoms with Crippen molar-refractivity contribution in [2.24, 2.45) is 11.8 Å². The minimum Gasteiger partial charge on any atom is -0.399 e. The molecule has 0 aliphatic heterocycles. The number of rotatable bonds is 4. The van der Waals surface area contributed by atoms with Crippen molar-refractivity contribution in [2.75, 3.05) is 12.3 Å². The number of nitrogens with one attached hydrogen (secondary N) is 1. The maximum atomic E-state index is 11.7. The molecule has 1 amide bonds. The van der Waals surface area contributed by atoms with Crippen LogP contribution in [0.3, 0.4) is 0 Å². The van der Waals surface area contributed by atoms with Crippen molar-refractivity contribution < 1.29 is 4.79 Å². The highest BCUT2D eigenvalue weighted by molar-refractivity contribution is 5.92. The van der Waals surface area contributed by atoms with Crippen molar-refractivity contribution in [3.05, 3.63) is 24.0 Å². The van der Waals surface area contributed by atoms with Gasteiger partial charge in [-0.15, -0.1) is 0 Å². The van der Waals surface area contributed by atoms with Gasteiger partial charge in [0, 0.05) is 18.4 Å². The molecular weight excluding hydrogens is 202 g/mol. The Morgan fingerprint density at radius 2 is 2.19 bits per heavy atom. The van der Waals surface area contributed by atoms with E-state index in [-0.39, 0.29) is 5.91 Å². The zero-order valence-corrected chi connectivity index (χ0v) is 10.0. The van der Waals surface area contributed by atoms with Gasteiger partial charge in [-0.2, -0.15) is 0 Å². The maximum Gasteiger partial charge on any atom is 0.269 e. The van der Waals surface area contributed by atoms with Crippen LogP contribution in [0.4, 0.5) is 5.69 Å². The molecule has 3 N–H and O–H groups in total. The number of carbonyl (C=O) groups excluding carboxylic acids is 1. The van der Waals surface area contributed by atoms with Crippen molar-refractivity contribution in [1.29, 1.82) is 0 Å². The molecule has 0 saturated heterocycles. The van der Waals surface area contributed by atoms with Gasteiger partial charge in [0.2, 0.25) is 0 Å². The summed E-state index contributed by atoms with van der Waals surface area (Å²) in [5, 5.41) is 2.85. The quantitative estimate of drug-likeness (QED) is 0.813. The highest BCUT2D eigenvalue weighted by Crippen LogP contribution is 2.08. The van der Waals surface area contributed by atoms with E-state index >= 15 is 0 Å². The van der Waals surface area contributed by atoms with Crippen LogP contribution in [0, 0.1) is 11.8 Å². The van der Waals surface area contributed by atoms with Gasteiger partial charge in [0.25, 0.3) is 5.91 Å². The average Bonchev–Trinajstić information content (AvgIpc) is 2.25. The smallest absolute Gasteiger partial charge is 0.269 e. The lowest BCUT2D eigenvalue weighted by Crippen LogP contribution is -2.30. The van der Waals surface area contributed by atoms with Crippen LogP contribution in [0.2, 0.25) is 0 Å². The zero-order valence-electron chi connectivity index (χ0n) is 10.0. The molecule has 0 fully saturated rings. The van der Waals surface area contributed by atoms with Gasteiger partial charge >= 0.3 is 0 Å². The van der Waals surface area contributed by atoms with Gasteiger partial charge < -0.3 is 11.1 Å². The fourth-order valence-electron chi connectivity index (χ4n) is 1.15. The number of nitrogens with two attached hydrogens (primary N) is 1. The van der Waals surface area contributed by atoms with Gasteiger partial charge in [0.15, 0.2) is 0 Å². The molecule has 0 aromatic carbocycles. The summed E-state index contributed by atoms with van der Waals surface area (Å²) in [6.45, 7) is 7.04. The van der Waals surface area contributed by atoms with E-state index in [1.54, 1.807) is 12.1 Å². The van der Waals surface area contributed by atoms with Gasteiger partial charge in [-0.25, -0.2) is 0 Å². The van der Waals surface area contributed by atoms with Crippen LogP contribution < -0.4 is 11.1 Å². The zero-order chi connectivity index (χ0) is 12.1. The van der Waals surface area contributed by atoms with E-state index in [1.807, 2.05) is 0 Å². The normalized spacial score (nSPS) is 12.5. The molecule has 0 radical (unpaired) electrons. The summed E-state index contributed by atoms with van der Waals surface area (Å²) in [5.41, 5.74) is 6.50. The van der Waals surface area contributed by atoms with Gasteiger partial charge in [0.05, 0.1) is 0 Å². The molecule has 16 heavy (non-hydrogen) atoms. The molecule has 1 rings (SSSR count). The molecule has 0 aliphatic carbocycles. The van der Waals surface area contributed by atoms with Crippen LogP contribution in [0.1, 0.15) is 31.3 Å². The standard InChI is InChI=1S/C12H19N3O/c1-8(2)9(3)7-15-12(16)11-6-10(13)4-5-14-11/h4-6,8-9H,7H2,1-3H3,(H2,13,14)(H,15,16). The van der Waals surface area contributed by atoms with Crippen LogP contribution in [0.15, 0.2) is 18.3 Å². The number of nitrogens with zero attached hydrogens (tertiary/aromatic N) is 1. The summed E-state index contributed by atoms with van der Waals surface area (Å²) in [6, 6.07) is 3.24. The Bertz CT molecular complexity index is 363. The number of anilines is 1. The van der Waals surface area contributed by atoms with Crippen LogP contribution >= 0.6 is 0 Å². The van der Waals surface area contributed by atoms with E-state index in [1.165, 1.54) is 6.20 Å². The summed E-state index contributed by atoms with van der Waals surface area (Å²) in [4.78, 5) is 15.7. The minimum atomic E-state index is -0.167. The van der Waals surface area contributed by atoms with Crippen molar-refractivity contribution in [2.45, 2.75) is 20.8 Å². The molecule has 1 heterocycles. The Morgan fingerprint density at radius 1 is 1.50 bits per heavy atom. The number of hydrogen-bond acceptors (Lipinski definition) is 3. The molecule has 88 valence electrons. The molecule has 1 aromatic rings. The third-order valence-corrected chi connectivity index (χ3v) is 2.74. The SMILES string of the molecule is CC(C)C(C)CNC(=O)c1cc(N)ccn1. The first-order chi connectivity index (χ1) is 7.50. The van der Waals surface area contributed by atoms with Crippen LogP contribution in [-0.2, 0) is 0 Å². The van der Waals surface area contributed by atoms with E-state index in [0.717, 1.165) is 0 Å². The number of nitrogen functional groups attached to an aromatic ring is 1. The molecule has 0 aliphatic rings. The van der Waals surface area contributed by atoms with Crippen molar-refractivity contribution in [1.82, 2.24) is 10.3 Å². The number of hydrogen-bond donors (Lipinski definition) is 2. The van der Waals surface area contributed by atoms with E-state index < -0.39 is 0 Å². The second-order valence-corrected chi connectivity index (χ2v) is 4.41. The molecule has 4 heteroatoms. The predicted octanol–water partition coefficient (Wildman–Crippen LogP) is 1.69. The molecule has 4 nitrogen and oxygen atoms in total. The Balaban J connectivity index is 2.53. The van der Waals surface area contributed by atoms with E-state index in [4.69, 9.17) is 5.73 Å². The average molecular weight is 221 g/mol. The highest BCUT2D eigenvalue weighted by atomic mass is 16.1. The van der Waals surface area contributed by atoms with Crippen molar-refractivity contribution in [3.63, 3.8) is 0 Å². The van der Waals surface area contributed by atoms with E-state index in [2.05, 4.69) is 31.1 Å². The molecule has 0 bridgehead atoms. The summed E-state index contributed by atoms with van der Waals surface area (Å²) in [5.74, 6) is 0.832. The second-order valence-electron chi connectivity index (χ2n) is 4.41. The number of pyridine rings is 1. The van der Waals surface area contributed by atoms with Crippen LogP contribution in [0.25, 0.3) is 0 Å². The summed E-state index contributed by atoms with van der Waals surface area (Å²) in [7, 11) is 0. The Kier molecular flexibility index (Phi) is 4.28. The van der Waals surface area contributed by atoms with Gasteiger partial charge in [-0.3, -0.25) is 9.78 Å². The van der Waals surface area contributed by atoms with E-state index in [0.29, 0.717) is 29.8 Å². The van der Waals surface area contributed by atoms with Crippen LogP contribution in [0.5, 0.6) is 0 Å². The predicted molar refractivity (Wildman–Crippen MR) is 65.0 cm³/mol. The monoisotopic (exact) mass is 221 g/mol. The third kappa shape index (κ3) is 3.53. The molecule has 1 atom stereocenters. The Morgan fingerprint density at radius 3 is 2.75 bits per heavy atom. The third-order valence-electron chi connectivity index (χ3n) is 2.74. The van der Waals surface area contributed by atoms with Crippen molar-refractivity contribution >= 4 is 11.6 Å². The van der Waals surface area contributed by atoms with Gasteiger partial charge in [0.1, 0.15) is 5.69 Å². The Labute approximate surface area is 96.3 Å².